The van der Waals surface area contributed by atoms with Crippen LogP contribution in [-0.2, 0) is 14.3 Å². The smallest absolute Gasteiger partial charge is 0.175 e. The van der Waals surface area contributed by atoms with Crippen molar-refractivity contribution in [2.45, 2.75) is 32.2 Å². The Balaban J connectivity index is 3.44. The summed E-state index contributed by atoms with van der Waals surface area (Å²) < 4.78 is 9.98. The highest BCUT2D eigenvalue weighted by molar-refractivity contribution is 5.84. The zero-order valence-electron chi connectivity index (χ0n) is 9.12. The number of nitrogens with two attached hydrogens (primary N) is 1. The maximum Gasteiger partial charge on any atom is 0.175 e. The molecule has 0 saturated heterocycles. The molecule has 0 fully saturated rings. The Morgan fingerprint density at radius 3 is 2.71 bits per heavy atom. The predicted molar refractivity (Wildman–Crippen MR) is 55.2 cm³/mol. The first-order valence-electron chi connectivity index (χ1n) is 5.07. The van der Waals surface area contributed by atoms with Crippen LogP contribution in [0, 0.1) is 0 Å². The van der Waals surface area contributed by atoms with Gasteiger partial charge in [-0.3, -0.25) is 4.79 Å². The first-order chi connectivity index (χ1) is 6.72. The van der Waals surface area contributed by atoms with Gasteiger partial charge in [0.05, 0.1) is 6.04 Å². The number of rotatable bonds is 9. The lowest BCUT2D eigenvalue weighted by atomic mass is 10.1. The molecule has 0 amide bonds. The van der Waals surface area contributed by atoms with Crippen LogP contribution in [0.2, 0.25) is 0 Å². The van der Waals surface area contributed by atoms with Crippen molar-refractivity contribution in [1.82, 2.24) is 0 Å². The summed E-state index contributed by atoms with van der Waals surface area (Å²) in [5.41, 5.74) is 5.66. The monoisotopic (exact) mass is 203 g/mol. The lowest BCUT2D eigenvalue weighted by Crippen LogP contribution is -2.33. The first-order valence-corrected chi connectivity index (χ1v) is 5.07. The van der Waals surface area contributed by atoms with Crippen molar-refractivity contribution in [2.75, 3.05) is 26.9 Å². The number of Topliss-reactive ketones (excluding diaryl/α,β-unsaturated/α-hetero) is 1. The van der Waals surface area contributed by atoms with E-state index in [0.29, 0.717) is 19.6 Å². The van der Waals surface area contributed by atoms with Gasteiger partial charge in [-0.05, 0) is 19.3 Å². The normalized spacial score (nSPS) is 12.8. The van der Waals surface area contributed by atoms with Crippen LogP contribution in [0.15, 0.2) is 0 Å². The lowest BCUT2D eigenvalue weighted by molar-refractivity contribution is -0.125. The molecule has 0 aliphatic carbocycles. The van der Waals surface area contributed by atoms with Gasteiger partial charge < -0.3 is 15.2 Å². The van der Waals surface area contributed by atoms with E-state index in [9.17, 15) is 4.79 Å². The molecule has 2 N–H and O–H groups in total. The van der Waals surface area contributed by atoms with Crippen molar-refractivity contribution in [3.05, 3.63) is 0 Å². The van der Waals surface area contributed by atoms with Crippen molar-refractivity contribution in [3.8, 4) is 0 Å². The van der Waals surface area contributed by atoms with Gasteiger partial charge in [0.15, 0.2) is 5.78 Å². The summed E-state index contributed by atoms with van der Waals surface area (Å²) in [5.74, 6) is -0.0189. The number of carbonyl (C=O) groups is 1. The quantitative estimate of drug-likeness (QED) is 0.561. The summed E-state index contributed by atoms with van der Waals surface area (Å²) in [6, 6.07) is -0.401. The highest BCUT2D eigenvalue weighted by Crippen LogP contribution is 1.97. The summed E-state index contributed by atoms with van der Waals surface area (Å²) in [5, 5.41) is 0. The van der Waals surface area contributed by atoms with E-state index in [1.54, 1.807) is 7.11 Å². The maximum absolute atomic E-state index is 11.3. The molecule has 0 saturated carbocycles. The Kier molecular flexibility index (Phi) is 8.83. The molecule has 0 spiro atoms. The third-order valence-electron chi connectivity index (χ3n) is 1.87. The molecule has 0 heterocycles. The van der Waals surface area contributed by atoms with Crippen molar-refractivity contribution >= 4 is 5.78 Å². The van der Waals surface area contributed by atoms with Crippen molar-refractivity contribution in [1.29, 1.82) is 0 Å². The lowest BCUT2D eigenvalue weighted by Gasteiger charge is -2.09. The highest BCUT2D eigenvalue weighted by Gasteiger charge is 2.12. The zero-order chi connectivity index (χ0) is 10.8. The standard InChI is InChI=1S/C10H21NO3/c1-3-6-14-8-10(12)9(11)5-4-7-13-2/h9H,3-8,11H2,1-2H3. The Morgan fingerprint density at radius 2 is 2.14 bits per heavy atom. The molecular weight excluding hydrogens is 182 g/mol. The molecule has 1 atom stereocenters. The Hall–Kier alpha value is -0.450. The summed E-state index contributed by atoms with van der Waals surface area (Å²) >= 11 is 0. The van der Waals surface area contributed by atoms with Crippen molar-refractivity contribution < 1.29 is 14.3 Å². The molecule has 4 heteroatoms. The summed E-state index contributed by atoms with van der Waals surface area (Å²) in [6.07, 6.45) is 2.41. The minimum Gasteiger partial charge on any atom is -0.385 e. The number of ketones is 1. The van der Waals surface area contributed by atoms with Gasteiger partial charge in [0, 0.05) is 20.3 Å². The minimum absolute atomic E-state index is 0.0189. The van der Waals surface area contributed by atoms with Crippen LogP contribution < -0.4 is 5.73 Å². The van der Waals surface area contributed by atoms with Gasteiger partial charge in [-0.25, -0.2) is 0 Å². The van der Waals surface area contributed by atoms with E-state index in [2.05, 4.69) is 0 Å². The van der Waals surface area contributed by atoms with Gasteiger partial charge in [0.1, 0.15) is 6.61 Å². The van der Waals surface area contributed by atoms with Crippen molar-refractivity contribution in [3.63, 3.8) is 0 Å². The van der Waals surface area contributed by atoms with E-state index in [1.165, 1.54) is 0 Å². The van der Waals surface area contributed by atoms with E-state index < -0.39 is 6.04 Å². The molecule has 1 unspecified atom stereocenters. The van der Waals surface area contributed by atoms with E-state index in [0.717, 1.165) is 12.8 Å². The second-order valence-electron chi connectivity index (χ2n) is 3.26. The number of ether oxygens (including phenoxy) is 2. The van der Waals surface area contributed by atoms with Gasteiger partial charge in [-0.2, -0.15) is 0 Å². The summed E-state index contributed by atoms with van der Waals surface area (Å²) in [4.78, 5) is 11.3. The second kappa shape index (κ2) is 9.12. The van der Waals surface area contributed by atoms with Crippen LogP contribution in [0.3, 0.4) is 0 Å². The molecule has 0 aromatic rings. The Morgan fingerprint density at radius 1 is 1.43 bits per heavy atom. The molecule has 0 bridgehead atoms. The van der Waals surface area contributed by atoms with Crippen LogP contribution in [-0.4, -0.2) is 38.8 Å². The van der Waals surface area contributed by atoms with E-state index in [4.69, 9.17) is 15.2 Å². The van der Waals surface area contributed by atoms with Gasteiger partial charge in [-0.1, -0.05) is 6.92 Å². The van der Waals surface area contributed by atoms with Gasteiger partial charge in [-0.15, -0.1) is 0 Å². The molecule has 4 nitrogen and oxygen atoms in total. The largest absolute Gasteiger partial charge is 0.385 e. The van der Waals surface area contributed by atoms with Crippen LogP contribution in [0.4, 0.5) is 0 Å². The third kappa shape index (κ3) is 7.00. The summed E-state index contributed by atoms with van der Waals surface area (Å²) in [6.45, 7) is 3.41. The van der Waals surface area contributed by atoms with Crippen LogP contribution in [0.5, 0.6) is 0 Å². The SMILES string of the molecule is CCCOCC(=O)C(N)CCCOC. The Bertz CT molecular complexity index is 150. The number of carbonyl (C=O) groups excluding carboxylic acids is 1. The number of methoxy groups -OCH3 is 1. The van der Waals surface area contributed by atoms with Crippen LogP contribution in [0.1, 0.15) is 26.2 Å². The van der Waals surface area contributed by atoms with Crippen molar-refractivity contribution in [2.24, 2.45) is 5.73 Å². The summed E-state index contributed by atoms with van der Waals surface area (Å²) in [7, 11) is 1.64. The molecule has 0 aliphatic heterocycles. The second-order valence-corrected chi connectivity index (χ2v) is 3.26. The highest BCUT2D eigenvalue weighted by atomic mass is 16.5. The fraction of sp³-hybridized carbons (Fsp3) is 0.900. The third-order valence-corrected chi connectivity index (χ3v) is 1.87. The fourth-order valence-corrected chi connectivity index (χ4v) is 1.03. The van der Waals surface area contributed by atoms with Crippen LogP contribution in [0.25, 0.3) is 0 Å². The van der Waals surface area contributed by atoms with Crippen LogP contribution >= 0.6 is 0 Å². The molecule has 0 rings (SSSR count). The zero-order valence-corrected chi connectivity index (χ0v) is 9.12. The van der Waals surface area contributed by atoms with E-state index in [-0.39, 0.29) is 12.4 Å². The topological polar surface area (TPSA) is 61.5 Å². The first kappa shape index (κ1) is 13.5. The maximum atomic E-state index is 11.3. The molecule has 0 aliphatic rings. The van der Waals surface area contributed by atoms with Gasteiger partial charge in [0.25, 0.3) is 0 Å². The van der Waals surface area contributed by atoms with E-state index in [1.807, 2.05) is 6.92 Å². The van der Waals surface area contributed by atoms with Gasteiger partial charge >= 0.3 is 0 Å². The molecular formula is C10H21NO3. The number of hydrogen-bond acceptors (Lipinski definition) is 4. The molecule has 0 radical (unpaired) electrons. The average molecular weight is 203 g/mol. The number of hydrogen-bond donors (Lipinski definition) is 1. The minimum atomic E-state index is -0.401. The van der Waals surface area contributed by atoms with Gasteiger partial charge in [0.2, 0.25) is 0 Å². The average Bonchev–Trinajstić information content (AvgIpc) is 2.18. The van der Waals surface area contributed by atoms with E-state index >= 15 is 0 Å². The molecule has 0 aromatic carbocycles. The molecule has 0 aromatic heterocycles. The predicted octanol–water partition coefficient (Wildman–Crippen LogP) is 0.736. The Labute approximate surface area is 85.8 Å². The molecule has 84 valence electrons. The molecule has 14 heavy (non-hydrogen) atoms. The fourth-order valence-electron chi connectivity index (χ4n) is 1.03.